The molecule has 1 saturated heterocycles. The lowest BCUT2D eigenvalue weighted by molar-refractivity contribution is 0.256. The quantitative estimate of drug-likeness (QED) is 0.914. The predicted molar refractivity (Wildman–Crippen MR) is 86.7 cm³/mol. The zero-order chi connectivity index (χ0) is 15.8. The Morgan fingerprint density at radius 2 is 2.09 bits per heavy atom. The third-order valence-electron chi connectivity index (χ3n) is 4.55. The number of nitrogens with zero attached hydrogens (tertiary/aromatic N) is 1. The molecule has 2 heterocycles. The molecule has 0 saturated carbocycles. The minimum atomic E-state index is -0.410. The predicted octanol–water partition coefficient (Wildman–Crippen LogP) is 3.27. The van der Waals surface area contributed by atoms with E-state index >= 15 is 0 Å². The van der Waals surface area contributed by atoms with Gasteiger partial charge < -0.3 is 10.6 Å². The first kappa shape index (κ1) is 14.2. The summed E-state index contributed by atoms with van der Waals surface area (Å²) in [6.45, 7) is 1.71. The minimum Gasteiger partial charge on any atom is -0.316 e. The molecule has 1 atom stereocenters. The maximum Gasteiger partial charge on any atom is 0.346 e. The van der Waals surface area contributed by atoms with Crippen molar-refractivity contribution >= 4 is 17.4 Å². The lowest BCUT2D eigenvalue weighted by atomic mass is 9.92. The zero-order valence-electron chi connectivity index (χ0n) is 12.6. The second kappa shape index (κ2) is 5.66. The van der Waals surface area contributed by atoms with Gasteiger partial charge in [-0.25, -0.2) is 9.18 Å². The number of rotatable bonds is 3. The Hall–Kier alpha value is -2.40. The molecule has 2 aliphatic heterocycles. The van der Waals surface area contributed by atoms with E-state index in [1.807, 2.05) is 30.3 Å². The normalized spacial score (nSPS) is 19.3. The molecule has 0 aliphatic carbocycles. The second-order valence-corrected chi connectivity index (χ2v) is 6.04. The maximum absolute atomic E-state index is 14.8. The minimum absolute atomic E-state index is 0.209. The van der Waals surface area contributed by atoms with Crippen LogP contribution in [0.2, 0.25) is 0 Å². The fraction of sp³-hybridized carbons (Fsp3) is 0.278. The molecular weight excluding hydrogens is 293 g/mol. The summed E-state index contributed by atoms with van der Waals surface area (Å²) in [6, 6.07) is 10.8. The number of benzene rings is 2. The van der Waals surface area contributed by atoms with Gasteiger partial charge in [-0.3, -0.25) is 0 Å². The number of halogens is 1. The first-order valence-electron chi connectivity index (χ1n) is 7.85. The molecule has 2 aromatic rings. The Morgan fingerprint density at radius 3 is 2.83 bits per heavy atom. The van der Waals surface area contributed by atoms with Gasteiger partial charge in [-0.15, -0.1) is 0 Å². The number of carbonyl (C=O) groups is 1. The number of nitrogens with one attached hydrogen (secondary N) is 2. The van der Waals surface area contributed by atoms with E-state index < -0.39 is 6.03 Å². The van der Waals surface area contributed by atoms with Crippen molar-refractivity contribution in [1.82, 2.24) is 10.6 Å². The zero-order valence-corrected chi connectivity index (χ0v) is 12.6. The van der Waals surface area contributed by atoms with Crippen molar-refractivity contribution in [2.45, 2.75) is 18.8 Å². The number of amides is 2. The number of anilines is 1. The molecule has 4 rings (SSSR count). The van der Waals surface area contributed by atoms with Crippen LogP contribution in [0.4, 0.5) is 20.6 Å². The fourth-order valence-electron chi connectivity index (χ4n) is 3.39. The molecule has 2 aliphatic rings. The van der Waals surface area contributed by atoms with Gasteiger partial charge in [0.2, 0.25) is 0 Å². The summed E-state index contributed by atoms with van der Waals surface area (Å²) >= 11 is 0. The van der Waals surface area contributed by atoms with Gasteiger partial charge in [0.05, 0.1) is 11.4 Å². The summed E-state index contributed by atoms with van der Waals surface area (Å²) in [5.74, 6) is -0.0626. The van der Waals surface area contributed by atoms with Gasteiger partial charge >= 0.3 is 6.03 Å². The number of carbonyl (C=O) groups excluding carboxylic acids is 1. The molecule has 117 valence electrons. The summed E-state index contributed by atoms with van der Waals surface area (Å²) in [6.07, 6.45) is 1.38. The van der Waals surface area contributed by atoms with E-state index in [9.17, 15) is 9.18 Å². The number of hydrogen-bond donors (Lipinski definition) is 2. The molecule has 2 amide bonds. The Kier molecular flexibility index (Phi) is 3.50. The molecule has 4 nitrogen and oxygen atoms in total. The fourth-order valence-corrected chi connectivity index (χ4v) is 3.39. The summed E-state index contributed by atoms with van der Waals surface area (Å²) in [4.78, 5) is 11.8. The average Bonchev–Trinajstić information content (AvgIpc) is 3.20. The summed E-state index contributed by atoms with van der Waals surface area (Å²) in [5.41, 5.74) is 3.51. The van der Waals surface area contributed by atoms with Gasteiger partial charge in [-0.05, 0) is 36.1 Å². The molecule has 1 radical (unpaired) electrons. The number of fused-ring (bicyclic) bond motifs is 1. The Labute approximate surface area is 134 Å². The lowest BCUT2D eigenvalue weighted by Gasteiger charge is -2.16. The monoisotopic (exact) mass is 310 g/mol. The van der Waals surface area contributed by atoms with E-state index in [0.29, 0.717) is 23.4 Å². The van der Waals surface area contributed by atoms with Crippen LogP contribution in [0.5, 0.6) is 0 Å². The van der Waals surface area contributed by atoms with Crippen molar-refractivity contribution in [2.24, 2.45) is 0 Å². The second-order valence-electron chi connectivity index (χ2n) is 6.04. The van der Waals surface area contributed by atoms with Crippen molar-refractivity contribution in [1.29, 1.82) is 0 Å². The maximum atomic E-state index is 14.8. The highest BCUT2D eigenvalue weighted by Crippen LogP contribution is 2.42. The van der Waals surface area contributed by atoms with Crippen LogP contribution in [-0.4, -0.2) is 19.1 Å². The highest BCUT2D eigenvalue weighted by atomic mass is 19.1. The van der Waals surface area contributed by atoms with Crippen molar-refractivity contribution in [2.75, 3.05) is 18.4 Å². The van der Waals surface area contributed by atoms with Crippen LogP contribution in [0.15, 0.2) is 36.4 Å². The van der Waals surface area contributed by atoms with Gasteiger partial charge in [0, 0.05) is 18.5 Å². The molecule has 1 unspecified atom stereocenters. The molecular formula is C18H17FN3O. The Bertz CT molecular complexity index is 755. The number of hydrogen-bond acceptors (Lipinski definition) is 2. The number of urea groups is 1. The van der Waals surface area contributed by atoms with Gasteiger partial charge in [-0.2, -0.15) is 5.32 Å². The van der Waals surface area contributed by atoms with Crippen LogP contribution in [0.25, 0.3) is 0 Å². The molecule has 2 N–H and O–H groups in total. The van der Waals surface area contributed by atoms with Crippen LogP contribution in [0.1, 0.15) is 29.0 Å². The molecule has 1 fully saturated rings. The van der Waals surface area contributed by atoms with Gasteiger partial charge in [-0.1, -0.05) is 30.3 Å². The molecule has 0 spiro atoms. The van der Waals surface area contributed by atoms with Gasteiger partial charge in [0.1, 0.15) is 5.82 Å². The molecule has 0 bridgehead atoms. The van der Waals surface area contributed by atoms with E-state index in [1.165, 1.54) is 0 Å². The molecule has 2 aromatic carbocycles. The van der Waals surface area contributed by atoms with E-state index in [2.05, 4.69) is 16.0 Å². The Morgan fingerprint density at radius 1 is 1.26 bits per heavy atom. The first-order chi connectivity index (χ1) is 11.2. The standard InChI is InChI=1S/C18H17FN3O/c19-15-9-13(12-6-7-20-10-12)16-17(22-18(23)21-16)14(15)8-11-4-2-1-3-5-11/h1-5,9,12,20H,6-8,10H2,(H,22,23). The molecule has 23 heavy (non-hydrogen) atoms. The summed E-state index contributed by atoms with van der Waals surface area (Å²) in [5, 5.41) is 10.1. The van der Waals surface area contributed by atoms with Gasteiger partial charge in [0.25, 0.3) is 0 Å². The first-order valence-corrected chi connectivity index (χ1v) is 7.85. The lowest BCUT2D eigenvalue weighted by Crippen LogP contribution is -2.10. The van der Waals surface area contributed by atoms with Crippen LogP contribution >= 0.6 is 0 Å². The highest BCUT2D eigenvalue weighted by Gasteiger charge is 2.31. The van der Waals surface area contributed by atoms with E-state index in [1.54, 1.807) is 6.07 Å². The van der Waals surface area contributed by atoms with E-state index in [0.717, 1.165) is 30.6 Å². The SMILES string of the molecule is O=C1[N]c2c(C3CCNC3)cc(F)c(Cc3ccccc3)c2N1. The Balaban J connectivity index is 1.78. The smallest absolute Gasteiger partial charge is 0.316 e. The van der Waals surface area contributed by atoms with Crippen LogP contribution in [-0.2, 0) is 6.42 Å². The van der Waals surface area contributed by atoms with Crippen LogP contribution in [0.3, 0.4) is 0 Å². The van der Waals surface area contributed by atoms with Crippen molar-refractivity contribution in [3.63, 3.8) is 0 Å². The van der Waals surface area contributed by atoms with Crippen LogP contribution < -0.4 is 16.0 Å². The topological polar surface area (TPSA) is 55.2 Å². The van der Waals surface area contributed by atoms with E-state index in [-0.39, 0.29) is 11.7 Å². The molecule has 0 aromatic heterocycles. The van der Waals surface area contributed by atoms with Crippen molar-refractivity contribution in [3.05, 3.63) is 58.9 Å². The van der Waals surface area contributed by atoms with Crippen molar-refractivity contribution < 1.29 is 9.18 Å². The summed E-state index contributed by atoms with van der Waals surface area (Å²) in [7, 11) is 0. The summed E-state index contributed by atoms with van der Waals surface area (Å²) < 4.78 is 14.8. The van der Waals surface area contributed by atoms with Gasteiger partial charge in [0.15, 0.2) is 0 Å². The average molecular weight is 310 g/mol. The third kappa shape index (κ3) is 2.57. The van der Waals surface area contributed by atoms with Crippen LogP contribution in [0, 0.1) is 5.82 Å². The van der Waals surface area contributed by atoms with Crippen molar-refractivity contribution in [3.8, 4) is 0 Å². The molecule has 5 heteroatoms. The third-order valence-corrected chi connectivity index (χ3v) is 4.55. The highest BCUT2D eigenvalue weighted by molar-refractivity contribution is 6.04. The largest absolute Gasteiger partial charge is 0.346 e. The van der Waals surface area contributed by atoms with E-state index in [4.69, 9.17) is 0 Å².